The number of hydrogen-bond donors (Lipinski definition) is 2. The van der Waals surface area contributed by atoms with Crippen LogP contribution in [0.5, 0.6) is 5.75 Å². The number of aromatic nitrogens is 2. The average Bonchev–Trinajstić information content (AvgIpc) is 3.39. The molecule has 6 rings (SSSR count). The highest BCUT2D eigenvalue weighted by Crippen LogP contribution is 2.35. The number of amides is 1. The predicted molar refractivity (Wildman–Crippen MR) is 166 cm³/mol. The molecular weight excluding hydrogens is 564 g/mol. The number of carbonyl (C=O) groups is 1. The van der Waals surface area contributed by atoms with Crippen LogP contribution in [0, 0.1) is 11.3 Å². The minimum absolute atomic E-state index is 0.00978. The van der Waals surface area contributed by atoms with Crippen LogP contribution in [0.3, 0.4) is 0 Å². The van der Waals surface area contributed by atoms with Crippen LogP contribution in [0.25, 0.3) is 33.3 Å². The number of nitrogens with zero attached hydrogens (tertiary/aromatic N) is 4. The van der Waals surface area contributed by atoms with Crippen molar-refractivity contribution in [3.05, 3.63) is 66.0 Å². The van der Waals surface area contributed by atoms with Crippen LogP contribution >= 0.6 is 0 Å². The van der Waals surface area contributed by atoms with Crippen molar-refractivity contribution in [1.82, 2.24) is 19.8 Å². The average molecular weight is 599 g/mol. The Morgan fingerprint density at radius 1 is 1.00 bits per heavy atom. The molecule has 1 saturated heterocycles. The first-order chi connectivity index (χ1) is 20.8. The van der Waals surface area contributed by atoms with Gasteiger partial charge in [-0.25, -0.2) is 13.4 Å². The number of fused-ring (bicyclic) bond motifs is 2. The van der Waals surface area contributed by atoms with Gasteiger partial charge in [0, 0.05) is 42.0 Å². The fourth-order valence-electron chi connectivity index (χ4n) is 5.75. The number of sulfonamides is 1. The van der Waals surface area contributed by atoms with Crippen molar-refractivity contribution in [1.29, 1.82) is 5.26 Å². The van der Waals surface area contributed by atoms with Crippen LogP contribution < -0.4 is 9.46 Å². The summed E-state index contributed by atoms with van der Waals surface area (Å²) in [5.41, 5.74) is 5.03. The number of likely N-dealkylation sites (tertiary alicyclic amines) is 1. The van der Waals surface area contributed by atoms with E-state index in [2.05, 4.69) is 25.7 Å². The lowest BCUT2D eigenvalue weighted by atomic mass is 9.99. The van der Waals surface area contributed by atoms with Crippen LogP contribution in [0.2, 0.25) is 0 Å². The Morgan fingerprint density at radius 3 is 2.63 bits per heavy atom. The van der Waals surface area contributed by atoms with Gasteiger partial charge < -0.3 is 19.5 Å². The molecule has 0 bridgehead atoms. The summed E-state index contributed by atoms with van der Waals surface area (Å²) in [6.45, 7) is 6.31. The summed E-state index contributed by atoms with van der Waals surface area (Å²) in [7, 11) is -3.52. The highest BCUT2D eigenvalue weighted by molar-refractivity contribution is 7.92. The van der Waals surface area contributed by atoms with Gasteiger partial charge in [0.05, 0.1) is 35.2 Å². The molecule has 4 aromatic rings. The van der Waals surface area contributed by atoms with Crippen molar-refractivity contribution >= 4 is 32.7 Å². The summed E-state index contributed by atoms with van der Waals surface area (Å²) in [5.74, 6) is 0.475. The number of anilines is 1. The van der Waals surface area contributed by atoms with Crippen molar-refractivity contribution in [2.45, 2.75) is 26.2 Å². The number of hydrogen-bond acceptors (Lipinski definition) is 7. The van der Waals surface area contributed by atoms with E-state index >= 15 is 0 Å². The van der Waals surface area contributed by atoms with E-state index in [-0.39, 0.29) is 11.7 Å². The largest absolute Gasteiger partial charge is 0.491 e. The molecule has 10 nitrogen and oxygen atoms in total. The summed E-state index contributed by atoms with van der Waals surface area (Å²) in [4.78, 5) is 25.5. The van der Waals surface area contributed by atoms with Gasteiger partial charge in [-0.15, -0.1) is 0 Å². The lowest BCUT2D eigenvalue weighted by molar-refractivity contribution is 0.0728. The van der Waals surface area contributed by atoms with Gasteiger partial charge in [0.2, 0.25) is 10.0 Å². The van der Waals surface area contributed by atoms with E-state index in [4.69, 9.17) is 4.74 Å². The third-order valence-electron chi connectivity index (χ3n) is 8.14. The van der Waals surface area contributed by atoms with Crippen LogP contribution in [0.15, 0.2) is 54.9 Å². The minimum atomic E-state index is -3.52. The molecule has 2 aliphatic heterocycles. The van der Waals surface area contributed by atoms with E-state index in [9.17, 15) is 18.5 Å². The molecule has 2 aliphatic rings. The molecular formula is C32H34N6O4S. The Balaban J connectivity index is 1.28. The van der Waals surface area contributed by atoms with E-state index < -0.39 is 10.0 Å². The third-order valence-corrected chi connectivity index (χ3v) is 9.45. The standard InChI is InChI=1S/C32H34N6O4S/c1-2-43(40,41)36-26-15-22(19-33)14-24(16-26)29-21-35-31-28(29)17-25(20-34-31)23-6-7-27-30(18-23)42-13-12-38(32(27)39)11-10-37-8-4-3-5-9-37/h6-7,14-18,20-21,36H,2-5,8-13H2,1H3,(H,34,35). The second-order valence-corrected chi connectivity index (χ2v) is 13.0. The van der Waals surface area contributed by atoms with Gasteiger partial charge in [0.25, 0.3) is 5.91 Å². The fourth-order valence-corrected chi connectivity index (χ4v) is 6.37. The number of H-pyrrole nitrogens is 1. The minimum Gasteiger partial charge on any atom is -0.491 e. The first-order valence-electron chi connectivity index (χ1n) is 14.7. The first kappa shape index (κ1) is 28.7. The second-order valence-electron chi connectivity index (χ2n) is 11.0. The number of nitrogens with one attached hydrogen (secondary N) is 2. The Labute approximate surface area is 251 Å². The third kappa shape index (κ3) is 6.21. The topological polar surface area (TPSA) is 131 Å². The molecule has 11 heteroatoms. The number of ether oxygens (including phenoxy) is 1. The molecule has 1 amide bonds. The van der Waals surface area contributed by atoms with E-state index in [1.54, 1.807) is 31.5 Å². The highest BCUT2D eigenvalue weighted by atomic mass is 32.2. The maximum Gasteiger partial charge on any atom is 0.257 e. The van der Waals surface area contributed by atoms with Gasteiger partial charge in [-0.05, 0) is 80.4 Å². The van der Waals surface area contributed by atoms with E-state index in [1.165, 1.54) is 25.3 Å². The molecule has 2 N–H and O–H groups in total. The lowest BCUT2D eigenvalue weighted by Gasteiger charge is -2.29. The van der Waals surface area contributed by atoms with Crippen molar-refractivity contribution in [2.75, 3.05) is 49.8 Å². The zero-order valence-corrected chi connectivity index (χ0v) is 24.9. The summed E-state index contributed by atoms with van der Waals surface area (Å²) < 4.78 is 33.0. The highest BCUT2D eigenvalue weighted by Gasteiger charge is 2.25. The molecule has 0 unspecified atom stereocenters. The zero-order chi connectivity index (χ0) is 30.0. The molecule has 43 heavy (non-hydrogen) atoms. The molecule has 222 valence electrons. The molecule has 4 heterocycles. The van der Waals surface area contributed by atoms with Crippen molar-refractivity contribution in [3.8, 4) is 34.1 Å². The number of pyridine rings is 1. The number of benzene rings is 2. The maximum atomic E-state index is 13.4. The number of carbonyl (C=O) groups excluding carboxylic acids is 1. The smallest absolute Gasteiger partial charge is 0.257 e. The Morgan fingerprint density at radius 2 is 1.84 bits per heavy atom. The molecule has 0 saturated carbocycles. The number of nitriles is 1. The maximum absolute atomic E-state index is 13.4. The lowest BCUT2D eigenvalue weighted by Crippen LogP contribution is -2.41. The van der Waals surface area contributed by atoms with Crippen molar-refractivity contribution < 1.29 is 17.9 Å². The SMILES string of the molecule is CCS(=O)(=O)Nc1cc(C#N)cc(-c2c[nH]c3ncc(-c4ccc5c(c4)OCCN(CCN4CCCCC4)C5=O)cc23)c1. The van der Waals surface area contributed by atoms with Crippen LogP contribution in [-0.2, 0) is 10.0 Å². The van der Waals surface area contributed by atoms with Gasteiger partial charge >= 0.3 is 0 Å². The molecule has 2 aromatic carbocycles. The summed E-state index contributed by atoms with van der Waals surface area (Å²) in [6.07, 6.45) is 7.30. The zero-order valence-electron chi connectivity index (χ0n) is 24.1. The molecule has 0 aliphatic carbocycles. The van der Waals surface area contributed by atoms with Crippen molar-refractivity contribution in [2.24, 2.45) is 0 Å². The monoisotopic (exact) mass is 598 g/mol. The normalized spacial score (nSPS) is 15.9. The van der Waals surface area contributed by atoms with E-state index in [1.807, 2.05) is 29.2 Å². The summed E-state index contributed by atoms with van der Waals surface area (Å²) >= 11 is 0. The number of aromatic amines is 1. The molecule has 2 aromatic heterocycles. The number of rotatable bonds is 8. The van der Waals surface area contributed by atoms with E-state index in [0.717, 1.165) is 41.7 Å². The van der Waals surface area contributed by atoms with Crippen molar-refractivity contribution in [3.63, 3.8) is 0 Å². The predicted octanol–water partition coefficient (Wildman–Crippen LogP) is 4.85. The van der Waals surface area contributed by atoms with E-state index in [0.29, 0.717) is 53.5 Å². The quantitative estimate of drug-likeness (QED) is 0.296. The van der Waals surface area contributed by atoms with Gasteiger partial charge in [-0.3, -0.25) is 9.52 Å². The van der Waals surface area contributed by atoms with Gasteiger partial charge in [-0.1, -0.05) is 12.5 Å². The molecule has 0 radical (unpaired) electrons. The summed E-state index contributed by atoms with van der Waals surface area (Å²) in [5, 5.41) is 10.4. The Bertz CT molecular complexity index is 1820. The van der Waals surface area contributed by atoms with Gasteiger partial charge in [0.15, 0.2) is 0 Å². The Hall–Kier alpha value is -4.40. The second kappa shape index (κ2) is 12.1. The molecule has 0 spiro atoms. The van der Waals surface area contributed by atoms with Crippen LogP contribution in [-0.4, -0.2) is 79.2 Å². The van der Waals surface area contributed by atoms with Crippen LogP contribution in [0.4, 0.5) is 5.69 Å². The molecule has 1 fully saturated rings. The first-order valence-corrected chi connectivity index (χ1v) is 16.3. The number of piperidine rings is 1. The molecule has 0 atom stereocenters. The van der Waals surface area contributed by atoms with Gasteiger partial charge in [0.1, 0.15) is 18.0 Å². The van der Waals surface area contributed by atoms with Gasteiger partial charge in [-0.2, -0.15) is 5.26 Å². The van der Waals surface area contributed by atoms with Crippen LogP contribution in [0.1, 0.15) is 42.1 Å². The Kier molecular flexibility index (Phi) is 8.06. The summed E-state index contributed by atoms with van der Waals surface area (Å²) in [6, 6.07) is 14.7. The fraction of sp³-hybridized carbons (Fsp3) is 0.344.